The van der Waals surface area contributed by atoms with E-state index >= 15 is 0 Å². The largest absolute Gasteiger partial charge is 0.556 e. The molecule has 1 atom stereocenters. The lowest BCUT2D eigenvalue weighted by Gasteiger charge is -2.09. The van der Waals surface area contributed by atoms with Gasteiger partial charge in [0.2, 0.25) is 5.91 Å². The van der Waals surface area contributed by atoms with Crippen molar-refractivity contribution in [2.24, 2.45) is 0 Å². The number of amides is 2. The van der Waals surface area contributed by atoms with Crippen molar-refractivity contribution >= 4 is 36.8 Å². The summed E-state index contributed by atoms with van der Waals surface area (Å²) < 4.78 is 10.3. The normalized spacial score (nSPS) is 16.6. The Balaban J connectivity index is 1.62. The van der Waals surface area contributed by atoms with Crippen LogP contribution in [0.1, 0.15) is 5.56 Å². The average molecular weight is 348 g/mol. The number of thioether (sulfide) groups is 1. The topological polar surface area (TPSA) is 101 Å². The molecule has 1 saturated heterocycles. The number of benzene rings is 1. The molecule has 0 saturated carbocycles. The first kappa shape index (κ1) is 18.3. The maximum Gasteiger partial charge on any atom is 0.372 e. The molecule has 1 aromatic rings. The van der Waals surface area contributed by atoms with E-state index in [4.69, 9.17) is 10.1 Å². The van der Waals surface area contributed by atoms with Crippen molar-refractivity contribution in [3.8, 4) is 5.75 Å². The number of nitrogens with one attached hydrogen (secondary N) is 3. The highest BCUT2D eigenvalue weighted by atomic mass is 32.2. The minimum Gasteiger partial charge on any atom is -0.556 e. The molecule has 1 aromatic carbocycles. The van der Waals surface area contributed by atoms with Crippen LogP contribution in [0.4, 0.5) is 4.79 Å². The molecule has 9 heteroatoms. The number of ether oxygens (including phenoxy) is 1. The van der Waals surface area contributed by atoms with Gasteiger partial charge in [0.1, 0.15) is 18.8 Å². The van der Waals surface area contributed by atoms with Gasteiger partial charge in [-0.05, 0) is 37.0 Å². The highest BCUT2D eigenvalue weighted by molar-refractivity contribution is 8.15. The number of imide groups is 1. The third-order valence-corrected chi connectivity index (χ3v) is 4.24. The zero-order valence-corrected chi connectivity index (χ0v) is 13.9. The van der Waals surface area contributed by atoms with Crippen LogP contribution in [0, 0.1) is 5.41 Å². The third kappa shape index (κ3) is 6.25. The predicted molar refractivity (Wildman–Crippen MR) is 93.9 cm³/mol. The Kier molecular flexibility index (Phi) is 7.64. The molecular formula is C15H19BN3O4S. The predicted octanol–water partition coefficient (Wildman–Crippen LogP) is 1.21. The van der Waals surface area contributed by atoms with Crippen LogP contribution in [0.2, 0.25) is 6.32 Å². The fraction of sp³-hybridized carbons (Fsp3) is 0.400. The Labute approximate surface area is 145 Å². The van der Waals surface area contributed by atoms with E-state index in [1.54, 1.807) is 7.48 Å². The Morgan fingerprint density at radius 2 is 2.08 bits per heavy atom. The van der Waals surface area contributed by atoms with Crippen molar-refractivity contribution in [3.05, 3.63) is 29.8 Å². The summed E-state index contributed by atoms with van der Waals surface area (Å²) in [7, 11) is 1.57. The summed E-state index contributed by atoms with van der Waals surface area (Å²) in [6, 6.07) is 7.53. The molecule has 1 fully saturated rings. The molecular weight excluding hydrogens is 329 g/mol. The van der Waals surface area contributed by atoms with Gasteiger partial charge >= 0.3 is 7.48 Å². The molecule has 0 aromatic heterocycles. The molecule has 3 N–H and O–H groups in total. The first-order valence-electron chi connectivity index (χ1n) is 7.59. The van der Waals surface area contributed by atoms with Crippen molar-refractivity contribution in [1.29, 1.82) is 5.41 Å². The van der Waals surface area contributed by atoms with E-state index in [0.717, 1.165) is 42.3 Å². The van der Waals surface area contributed by atoms with Crippen molar-refractivity contribution in [1.82, 2.24) is 10.6 Å². The quantitative estimate of drug-likeness (QED) is 0.241. The molecule has 1 radical (unpaired) electrons. The molecule has 0 bridgehead atoms. The van der Waals surface area contributed by atoms with Crippen molar-refractivity contribution in [2.75, 3.05) is 19.7 Å². The fourth-order valence-electron chi connectivity index (χ4n) is 2.11. The highest BCUT2D eigenvalue weighted by Gasteiger charge is 2.31. The van der Waals surface area contributed by atoms with E-state index in [-0.39, 0.29) is 16.4 Å². The van der Waals surface area contributed by atoms with E-state index < -0.39 is 0 Å². The van der Waals surface area contributed by atoms with Gasteiger partial charge in [-0.2, -0.15) is 0 Å². The molecule has 0 spiro atoms. The summed E-state index contributed by atoms with van der Waals surface area (Å²) in [6.45, 7) is 2.01. The zero-order chi connectivity index (χ0) is 17.2. The molecule has 2 amide bonds. The standard InChI is InChI=1S/C15H19BN3O4S/c17-10-23-16-5-6-18-7-8-22-12-3-1-11(2-4-12)9-13-14(20)19-15(21)24-13/h1-4,10,13,17-18H,5-9H2,(H,19,20,21). The average Bonchev–Trinajstić information content (AvgIpc) is 2.89. The van der Waals surface area contributed by atoms with E-state index in [2.05, 4.69) is 15.3 Å². The number of rotatable bonds is 11. The van der Waals surface area contributed by atoms with Crippen molar-refractivity contribution < 1.29 is 19.0 Å². The summed E-state index contributed by atoms with van der Waals surface area (Å²) in [5, 5.41) is 11.5. The lowest BCUT2D eigenvalue weighted by Crippen LogP contribution is -2.25. The smallest absolute Gasteiger partial charge is 0.372 e. The first-order valence-corrected chi connectivity index (χ1v) is 8.47. The molecule has 1 heterocycles. The monoisotopic (exact) mass is 348 g/mol. The lowest BCUT2D eigenvalue weighted by molar-refractivity contribution is -0.118. The molecule has 1 aliphatic rings. The van der Waals surface area contributed by atoms with Gasteiger partial charge in [0.05, 0.1) is 5.25 Å². The number of hydrogen-bond acceptors (Lipinski definition) is 7. The minimum absolute atomic E-state index is 0.223. The SMILES string of the molecule is N=CO[B]CCNCCOc1ccc(CC2SC(=O)NC2=O)cc1. The molecule has 7 nitrogen and oxygen atoms in total. The summed E-state index contributed by atoms with van der Waals surface area (Å²) in [5.41, 5.74) is 0.990. The lowest BCUT2D eigenvalue weighted by atomic mass is 9.96. The Morgan fingerprint density at radius 3 is 2.75 bits per heavy atom. The van der Waals surface area contributed by atoms with Gasteiger partial charge < -0.3 is 14.7 Å². The van der Waals surface area contributed by atoms with Gasteiger partial charge in [0.15, 0.2) is 0 Å². The number of carbonyl (C=O) groups is 2. The maximum absolute atomic E-state index is 11.5. The van der Waals surface area contributed by atoms with Crippen LogP contribution in [0.5, 0.6) is 5.75 Å². The van der Waals surface area contributed by atoms with Crippen LogP contribution in [0.3, 0.4) is 0 Å². The molecule has 24 heavy (non-hydrogen) atoms. The van der Waals surface area contributed by atoms with Gasteiger partial charge in [-0.3, -0.25) is 20.3 Å². The summed E-state index contributed by atoms with van der Waals surface area (Å²) >= 11 is 1.04. The van der Waals surface area contributed by atoms with Crippen LogP contribution in [-0.4, -0.2) is 50.0 Å². The fourth-order valence-corrected chi connectivity index (χ4v) is 2.97. The Hall–Kier alpha value is -2.00. The highest BCUT2D eigenvalue weighted by Crippen LogP contribution is 2.23. The third-order valence-electron chi connectivity index (χ3n) is 3.26. The van der Waals surface area contributed by atoms with E-state index in [1.807, 2.05) is 24.3 Å². The zero-order valence-electron chi connectivity index (χ0n) is 13.1. The van der Waals surface area contributed by atoms with Crippen LogP contribution in [0.25, 0.3) is 0 Å². The Morgan fingerprint density at radius 1 is 1.29 bits per heavy atom. The van der Waals surface area contributed by atoms with Crippen LogP contribution < -0.4 is 15.4 Å². The molecule has 0 aliphatic carbocycles. The second-order valence-electron chi connectivity index (χ2n) is 5.04. The van der Waals surface area contributed by atoms with Gasteiger partial charge in [-0.1, -0.05) is 23.9 Å². The van der Waals surface area contributed by atoms with E-state index in [9.17, 15) is 9.59 Å². The Bertz CT molecular complexity index is 570. The first-order chi connectivity index (χ1) is 11.7. The number of carbonyl (C=O) groups excluding carboxylic acids is 2. The van der Waals surface area contributed by atoms with Crippen molar-refractivity contribution in [2.45, 2.75) is 18.0 Å². The second-order valence-corrected chi connectivity index (χ2v) is 6.21. The molecule has 1 unspecified atom stereocenters. The van der Waals surface area contributed by atoms with Gasteiger partial charge in [0, 0.05) is 6.54 Å². The van der Waals surface area contributed by atoms with Gasteiger partial charge in [0.25, 0.3) is 5.24 Å². The van der Waals surface area contributed by atoms with Crippen LogP contribution >= 0.6 is 11.8 Å². The maximum atomic E-state index is 11.5. The van der Waals surface area contributed by atoms with Gasteiger partial charge in [-0.25, -0.2) is 0 Å². The van der Waals surface area contributed by atoms with E-state index in [0.29, 0.717) is 19.6 Å². The minimum atomic E-state index is -0.345. The van der Waals surface area contributed by atoms with E-state index in [1.165, 1.54) is 0 Å². The van der Waals surface area contributed by atoms with Gasteiger partial charge in [-0.15, -0.1) is 0 Å². The molecule has 1 aliphatic heterocycles. The van der Waals surface area contributed by atoms with Crippen LogP contribution in [0.15, 0.2) is 24.3 Å². The molecule has 2 rings (SSSR count). The summed E-state index contributed by atoms with van der Waals surface area (Å²) in [4.78, 5) is 22.7. The van der Waals surface area contributed by atoms with Crippen LogP contribution in [-0.2, 0) is 15.9 Å². The number of hydrogen-bond donors (Lipinski definition) is 3. The second kappa shape index (κ2) is 9.99. The summed E-state index contributed by atoms with van der Waals surface area (Å²) in [6.07, 6.45) is 2.14. The van der Waals surface area contributed by atoms with Crippen molar-refractivity contribution in [3.63, 3.8) is 0 Å². The summed E-state index contributed by atoms with van der Waals surface area (Å²) in [5.74, 6) is 0.540. The molecule has 127 valence electrons.